The molecule has 2 nitrogen and oxygen atoms in total. The minimum Gasteiger partial charge on any atom is -0.493 e. The number of rotatable bonds is 7. The Morgan fingerprint density at radius 3 is 2.26 bits per heavy atom. The molecule has 0 aliphatic rings. The van der Waals surface area contributed by atoms with Gasteiger partial charge in [-0.05, 0) is 18.9 Å². The van der Waals surface area contributed by atoms with Crippen LogP contribution in [0.25, 0.3) is 0 Å². The summed E-state index contributed by atoms with van der Waals surface area (Å²) in [5, 5.41) is 0. The van der Waals surface area contributed by atoms with E-state index in [0.29, 0.717) is 25.7 Å². The molecule has 0 bridgehead atoms. The molecule has 8 heteroatoms. The molecule has 0 N–H and O–H groups in total. The van der Waals surface area contributed by atoms with Gasteiger partial charge in [-0.1, -0.05) is 11.5 Å². The Hall–Kier alpha value is 0.401. The Morgan fingerprint density at radius 1 is 1.11 bits per heavy atom. The molecule has 0 aliphatic heterocycles. The number of hydrogen-bond donors (Lipinski definition) is 0. The first-order valence-corrected chi connectivity index (χ1v) is 5.56. The molecule has 0 saturated heterocycles. The van der Waals surface area contributed by atoms with E-state index < -0.39 is 18.3 Å². The third-order valence-corrected chi connectivity index (χ3v) is 2.34. The zero-order valence-corrected chi connectivity index (χ0v) is 14.1. The Kier molecular flexibility index (Phi) is 9.56. The van der Waals surface area contributed by atoms with Crippen molar-refractivity contribution in [2.45, 2.75) is 12.8 Å². The molecule has 0 aromatic heterocycles. The monoisotopic (exact) mass is 304 g/mol. The zero-order chi connectivity index (χ0) is 13.6. The van der Waals surface area contributed by atoms with Crippen LogP contribution in [0.3, 0.4) is 0 Å². The van der Waals surface area contributed by atoms with E-state index in [1.165, 1.54) is 0 Å². The number of ether oxygens (including phenoxy) is 2. The van der Waals surface area contributed by atoms with Gasteiger partial charge in [-0.15, -0.1) is 0 Å². The van der Waals surface area contributed by atoms with Crippen molar-refractivity contribution in [3.8, 4) is 5.75 Å². The summed E-state index contributed by atoms with van der Waals surface area (Å²) in [4.78, 5) is 0. The second kappa shape index (κ2) is 9.36. The molecule has 102 valence electrons. The van der Waals surface area contributed by atoms with E-state index in [9.17, 15) is 17.3 Å². The standard InChI is InChI=1S/C11H14BF4O2.K/c1-17-6-2-3-7-18-9-4-5-10(11(13)8-9)12(14,15)16;/h4-5,8H,2-3,6-7H2,1H3;/q-1;+1. The molecule has 0 aliphatic carbocycles. The molecule has 0 saturated carbocycles. The summed E-state index contributed by atoms with van der Waals surface area (Å²) in [6.45, 7) is -4.41. The Bertz CT molecular complexity index is 387. The number of methoxy groups -OCH3 is 1. The fourth-order valence-corrected chi connectivity index (χ4v) is 1.40. The Labute approximate surface area is 152 Å². The van der Waals surface area contributed by atoms with Crippen LogP contribution in [0.15, 0.2) is 18.2 Å². The molecule has 1 aromatic carbocycles. The van der Waals surface area contributed by atoms with Crippen LogP contribution in [0.4, 0.5) is 17.3 Å². The maximum atomic E-state index is 13.2. The van der Waals surface area contributed by atoms with Gasteiger partial charge in [0.2, 0.25) is 0 Å². The molecule has 0 atom stereocenters. The Balaban J connectivity index is 0.00000324. The minimum absolute atomic E-state index is 0. The second-order valence-corrected chi connectivity index (χ2v) is 3.81. The van der Waals surface area contributed by atoms with Crippen molar-refractivity contribution in [1.29, 1.82) is 0 Å². The van der Waals surface area contributed by atoms with Crippen LogP contribution in [0.2, 0.25) is 0 Å². The van der Waals surface area contributed by atoms with Crippen molar-refractivity contribution in [3.63, 3.8) is 0 Å². The summed E-state index contributed by atoms with van der Waals surface area (Å²) in [7, 11) is 1.58. The summed E-state index contributed by atoms with van der Waals surface area (Å²) in [5.41, 5.74) is -1.22. The smallest absolute Gasteiger partial charge is 0.493 e. The molecule has 0 radical (unpaired) electrons. The molecule has 19 heavy (non-hydrogen) atoms. The van der Waals surface area contributed by atoms with E-state index in [4.69, 9.17) is 9.47 Å². The Morgan fingerprint density at radius 2 is 1.74 bits per heavy atom. The van der Waals surface area contributed by atoms with Crippen LogP contribution in [0, 0.1) is 5.82 Å². The van der Waals surface area contributed by atoms with Crippen LogP contribution >= 0.6 is 0 Å². The van der Waals surface area contributed by atoms with Crippen LogP contribution < -0.4 is 61.6 Å². The van der Waals surface area contributed by atoms with E-state index >= 15 is 0 Å². The SMILES string of the molecule is COCCCCOc1ccc([B-](F)(F)F)c(F)c1.[K+]. The van der Waals surface area contributed by atoms with Gasteiger partial charge in [0, 0.05) is 19.8 Å². The molecule has 0 fully saturated rings. The van der Waals surface area contributed by atoms with Crippen molar-refractivity contribution < 1.29 is 78.2 Å². The predicted molar refractivity (Wildman–Crippen MR) is 61.7 cm³/mol. The minimum atomic E-state index is -5.32. The van der Waals surface area contributed by atoms with Crippen LogP contribution in [0.1, 0.15) is 12.8 Å². The van der Waals surface area contributed by atoms with Crippen molar-refractivity contribution >= 4 is 12.4 Å². The van der Waals surface area contributed by atoms with Gasteiger partial charge >= 0.3 is 58.4 Å². The molecular formula is C11H14BF4KO2. The number of halogens is 4. The van der Waals surface area contributed by atoms with E-state index in [2.05, 4.69) is 0 Å². The fourth-order valence-electron chi connectivity index (χ4n) is 1.40. The normalized spacial score (nSPS) is 11.0. The summed E-state index contributed by atoms with van der Waals surface area (Å²) < 4.78 is 60.2. The quantitative estimate of drug-likeness (QED) is 0.391. The molecular weight excluding hydrogens is 290 g/mol. The average Bonchev–Trinajstić information content (AvgIpc) is 2.27. The largest absolute Gasteiger partial charge is 1.00 e. The van der Waals surface area contributed by atoms with Gasteiger partial charge in [0.05, 0.1) is 12.4 Å². The summed E-state index contributed by atoms with van der Waals surface area (Å²) in [5.74, 6) is -1.19. The maximum absolute atomic E-state index is 13.2. The van der Waals surface area contributed by atoms with E-state index in [0.717, 1.165) is 18.6 Å². The van der Waals surface area contributed by atoms with Gasteiger partial charge < -0.3 is 22.4 Å². The number of hydrogen-bond acceptors (Lipinski definition) is 2. The number of benzene rings is 1. The fraction of sp³-hybridized carbons (Fsp3) is 0.455. The van der Waals surface area contributed by atoms with Gasteiger partial charge in [-0.3, -0.25) is 0 Å². The first kappa shape index (κ1) is 19.4. The molecule has 0 unspecified atom stereocenters. The van der Waals surface area contributed by atoms with Gasteiger partial charge in [0.15, 0.2) is 0 Å². The van der Waals surface area contributed by atoms with E-state index in [1.54, 1.807) is 7.11 Å². The van der Waals surface area contributed by atoms with Gasteiger partial charge in [0.1, 0.15) is 5.75 Å². The summed E-state index contributed by atoms with van der Waals surface area (Å²) in [6.07, 6.45) is 1.48. The second-order valence-electron chi connectivity index (χ2n) is 3.81. The molecule has 0 heterocycles. The van der Waals surface area contributed by atoms with Gasteiger partial charge in [-0.2, -0.15) is 0 Å². The van der Waals surface area contributed by atoms with Crippen LogP contribution in [0.5, 0.6) is 5.75 Å². The van der Waals surface area contributed by atoms with Crippen molar-refractivity contribution in [2.24, 2.45) is 0 Å². The van der Waals surface area contributed by atoms with E-state index in [-0.39, 0.29) is 57.1 Å². The van der Waals surface area contributed by atoms with Gasteiger partial charge in [0.25, 0.3) is 0 Å². The summed E-state index contributed by atoms with van der Waals surface area (Å²) >= 11 is 0. The van der Waals surface area contributed by atoms with Gasteiger partial charge in [-0.25, -0.2) is 4.39 Å². The topological polar surface area (TPSA) is 18.5 Å². The predicted octanol–water partition coefficient (Wildman–Crippen LogP) is -0.310. The first-order valence-electron chi connectivity index (χ1n) is 5.56. The van der Waals surface area contributed by atoms with E-state index in [1.807, 2.05) is 0 Å². The third kappa shape index (κ3) is 7.10. The zero-order valence-electron chi connectivity index (χ0n) is 11.0. The number of unbranched alkanes of at least 4 members (excludes halogenated alkanes) is 1. The summed E-state index contributed by atoms with van der Waals surface area (Å²) in [6, 6.07) is 2.60. The first-order chi connectivity index (χ1) is 8.45. The third-order valence-electron chi connectivity index (χ3n) is 2.34. The average molecular weight is 304 g/mol. The molecule has 1 rings (SSSR count). The van der Waals surface area contributed by atoms with Crippen molar-refractivity contribution in [3.05, 3.63) is 24.0 Å². The van der Waals surface area contributed by atoms with Crippen LogP contribution in [-0.4, -0.2) is 27.3 Å². The molecule has 0 spiro atoms. The molecule has 1 aromatic rings. The van der Waals surface area contributed by atoms with Crippen molar-refractivity contribution in [2.75, 3.05) is 20.3 Å². The molecule has 0 amide bonds. The maximum Gasteiger partial charge on any atom is 1.00 e. The van der Waals surface area contributed by atoms with Crippen LogP contribution in [-0.2, 0) is 4.74 Å². The van der Waals surface area contributed by atoms with Crippen molar-refractivity contribution in [1.82, 2.24) is 0 Å².